The van der Waals surface area contributed by atoms with Crippen LogP contribution in [0, 0.1) is 28.6 Å². The van der Waals surface area contributed by atoms with Crippen molar-refractivity contribution in [3.05, 3.63) is 12.2 Å². The molecule has 3 saturated carbocycles. The van der Waals surface area contributed by atoms with E-state index in [4.69, 9.17) is 4.74 Å². The maximum atomic E-state index is 12.8. The highest BCUT2D eigenvalue weighted by Gasteiger charge is 2.69. The molecule has 0 amide bonds. The summed E-state index contributed by atoms with van der Waals surface area (Å²) in [6.45, 7) is 11.4. The van der Waals surface area contributed by atoms with E-state index >= 15 is 0 Å². The second-order valence-corrected chi connectivity index (χ2v) is 9.02. The van der Waals surface area contributed by atoms with Crippen LogP contribution < -0.4 is 0 Å². The van der Waals surface area contributed by atoms with Crippen LogP contribution in [-0.2, 0) is 9.53 Å². The largest absolute Gasteiger partial charge is 0.455 e. The summed E-state index contributed by atoms with van der Waals surface area (Å²) in [5.41, 5.74) is -2.01. The van der Waals surface area contributed by atoms with Gasteiger partial charge in [0.1, 0.15) is 11.2 Å². The summed E-state index contributed by atoms with van der Waals surface area (Å²) in [5, 5.41) is 0. The van der Waals surface area contributed by atoms with Crippen molar-refractivity contribution in [1.29, 1.82) is 0 Å². The van der Waals surface area contributed by atoms with Crippen LogP contribution in [0.1, 0.15) is 59.8 Å². The van der Waals surface area contributed by atoms with Crippen LogP contribution in [0.4, 0.5) is 13.2 Å². The van der Waals surface area contributed by atoms with Crippen LogP contribution in [0.2, 0.25) is 0 Å². The van der Waals surface area contributed by atoms with Gasteiger partial charge in [-0.15, -0.1) is 0 Å². The first-order chi connectivity index (χ1) is 10.8. The van der Waals surface area contributed by atoms with Gasteiger partial charge in [0.2, 0.25) is 0 Å². The molecule has 3 aliphatic carbocycles. The Balaban J connectivity index is 1.87. The van der Waals surface area contributed by atoms with Crippen LogP contribution in [0.15, 0.2) is 12.2 Å². The van der Waals surface area contributed by atoms with Gasteiger partial charge in [-0.1, -0.05) is 27.4 Å². The fraction of sp³-hybridized carbons (Fsp3) is 0.842. The van der Waals surface area contributed by atoms with Gasteiger partial charge < -0.3 is 4.74 Å². The molecule has 3 aliphatic rings. The number of fused-ring (bicyclic) bond motifs is 1. The topological polar surface area (TPSA) is 26.3 Å². The molecule has 0 aliphatic heterocycles. The summed E-state index contributed by atoms with van der Waals surface area (Å²) in [6.07, 6.45) is 0.180. The molecule has 0 heterocycles. The highest BCUT2D eigenvalue weighted by molar-refractivity contribution is 5.89. The van der Waals surface area contributed by atoms with Crippen molar-refractivity contribution in [3.8, 4) is 0 Å². The Morgan fingerprint density at radius 2 is 1.75 bits per heavy atom. The van der Waals surface area contributed by atoms with Gasteiger partial charge in [-0.3, -0.25) is 0 Å². The highest BCUT2D eigenvalue weighted by atomic mass is 19.4. The molecule has 2 bridgehead atoms. The lowest BCUT2D eigenvalue weighted by Crippen LogP contribution is -2.48. The van der Waals surface area contributed by atoms with Crippen LogP contribution >= 0.6 is 0 Å². The number of esters is 1. The van der Waals surface area contributed by atoms with Gasteiger partial charge >= 0.3 is 12.1 Å². The Hall–Kier alpha value is -1.00. The lowest BCUT2D eigenvalue weighted by molar-refractivity contribution is -0.177. The number of hydrogen-bond donors (Lipinski definition) is 0. The Kier molecular flexibility index (Phi) is 3.72. The van der Waals surface area contributed by atoms with Crippen molar-refractivity contribution in [2.24, 2.45) is 28.6 Å². The molecule has 0 aromatic heterocycles. The lowest BCUT2D eigenvalue weighted by Gasteiger charge is -2.46. The normalized spacial score (nSPS) is 43.4. The Morgan fingerprint density at radius 1 is 1.12 bits per heavy atom. The number of rotatable bonds is 2. The minimum absolute atomic E-state index is 0.0319. The van der Waals surface area contributed by atoms with E-state index in [0.29, 0.717) is 18.3 Å². The first-order valence-corrected chi connectivity index (χ1v) is 8.84. The van der Waals surface area contributed by atoms with Crippen LogP contribution in [0.5, 0.6) is 0 Å². The molecule has 0 N–H and O–H groups in total. The summed E-state index contributed by atoms with van der Waals surface area (Å²) in [5.74, 6) is -0.0214. The second kappa shape index (κ2) is 5.01. The maximum absolute atomic E-state index is 12.8. The molecule has 0 aromatic rings. The van der Waals surface area contributed by atoms with Gasteiger partial charge in [0.05, 0.1) is 0 Å². The first-order valence-electron chi connectivity index (χ1n) is 8.84. The summed E-state index contributed by atoms with van der Waals surface area (Å²) < 4.78 is 43.7. The molecule has 3 rings (SSSR count). The van der Waals surface area contributed by atoms with E-state index in [1.54, 1.807) is 0 Å². The van der Waals surface area contributed by atoms with Gasteiger partial charge in [-0.05, 0) is 61.7 Å². The van der Waals surface area contributed by atoms with Gasteiger partial charge in [0.25, 0.3) is 0 Å². The number of halogens is 3. The fourth-order valence-corrected chi connectivity index (χ4v) is 6.37. The van der Waals surface area contributed by atoms with Crippen LogP contribution in [0.3, 0.4) is 0 Å². The van der Waals surface area contributed by atoms with Crippen LogP contribution in [0.25, 0.3) is 0 Å². The van der Waals surface area contributed by atoms with E-state index in [0.717, 1.165) is 12.8 Å². The van der Waals surface area contributed by atoms with Crippen molar-refractivity contribution in [2.75, 3.05) is 0 Å². The van der Waals surface area contributed by atoms with E-state index < -0.39 is 23.3 Å². The Bertz CT molecular complexity index is 580. The molecular formula is C19H27F3O2. The standard InChI is InChI=1S/C19H27F3O2/c1-11-6-7-13-16(3,4)14-10-18(11,13)9-8-17(14,5)24-15(23)12(2)19(20,21)22/h11,13-14H,2,6-10H2,1,3-5H3. The van der Waals surface area contributed by atoms with Gasteiger partial charge in [-0.25, -0.2) is 4.79 Å². The number of hydrogen-bond acceptors (Lipinski definition) is 2. The Labute approximate surface area is 141 Å². The zero-order chi connectivity index (χ0) is 18.1. The minimum atomic E-state index is -4.74. The third-order valence-corrected chi connectivity index (χ3v) is 7.68. The lowest BCUT2D eigenvalue weighted by atomic mass is 9.64. The van der Waals surface area contributed by atoms with E-state index in [-0.39, 0.29) is 16.7 Å². The quantitative estimate of drug-likeness (QED) is 0.503. The maximum Gasteiger partial charge on any atom is 0.422 e. The summed E-state index contributed by atoms with van der Waals surface area (Å²) >= 11 is 0. The van der Waals surface area contributed by atoms with E-state index in [9.17, 15) is 18.0 Å². The van der Waals surface area contributed by atoms with E-state index in [1.807, 2.05) is 6.92 Å². The summed E-state index contributed by atoms with van der Waals surface area (Å²) in [7, 11) is 0. The van der Waals surface area contributed by atoms with Gasteiger partial charge in [0, 0.05) is 5.92 Å². The third kappa shape index (κ3) is 2.26. The molecule has 5 atom stereocenters. The minimum Gasteiger partial charge on any atom is -0.455 e. The SMILES string of the molecule is C=C(C(=O)OC1(C)CCC23CC1C(C)(C)C2CCC3C)C(F)(F)F. The molecule has 3 fully saturated rings. The second-order valence-electron chi connectivity index (χ2n) is 9.02. The average molecular weight is 344 g/mol. The summed E-state index contributed by atoms with van der Waals surface area (Å²) in [6, 6.07) is 0. The molecule has 0 aromatic carbocycles. The van der Waals surface area contributed by atoms with Crippen molar-refractivity contribution in [3.63, 3.8) is 0 Å². The average Bonchev–Trinajstić information content (AvgIpc) is 2.87. The predicted molar refractivity (Wildman–Crippen MR) is 85.1 cm³/mol. The Morgan fingerprint density at radius 3 is 2.33 bits per heavy atom. The molecule has 1 spiro atoms. The molecule has 136 valence electrons. The smallest absolute Gasteiger partial charge is 0.422 e. The molecular weight excluding hydrogens is 317 g/mol. The van der Waals surface area contributed by atoms with Gasteiger partial charge in [0.15, 0.2) is 0 Å². The highest BCUT2D eigenvalue weighted by Crippen LogP contribution is 2.73. The number of ether oxygens (including phenoxy) is 1. The van der Waals surface area contributed by atoms with Crippen molar-refractivity contribution in [1.82, 2.24) is 0 Å². The monoisotopic (exact) mass is 344 g/mol. The predicted octanol–water partition coefficient (Wildman–Crippen LogP) is 5.28. The molecule has 5 heteroatoms. The number of carbonyl (C=O) groups excluding carboxylic acids is 1. The molecule has 0 radical (unpaired) electrons. The van der Waals surface area contributed by atoms with Crippen molar-refractivity contribution in [2.45, 2.75) is 71.6 Å². The first kappa shape index (κ1) is 17.8. The van der Waals surface area contributed by atoms with Gasteiger partial charge in [-0.2, -0.15) is 13.2 Å². The molecule has 2 nitrogen and oxygen atoms in total. The van der Waals surface area contributed by atoms with E-state index in [2.05, 4.69) is 27.4 Å². The van der Waals surface area contributed by atoms with Crippen molar-refractivity contribution < 1.29 is 22.7 Å². The molecule has 24 heavy (non-hydrogen) atoms. The zero-order valence-electron chi connectivity index (χ0n) is 14.9. The molecule has 5 unspecified atom stereocenters. The summed E-state index contributed by atoms with van der Waals surface area (Å²) in [4.78, 5) is 12.0. The van der Waals surface area contributed by atoms with Crippen molar-refractivity contribution >= 4 is 5.97 Å². The number of alkyl halides is 3. The zero-order valence-corrected chi connectivity index (χ0v) is 14.9. The third-order valence-electron chi connectivity index (χ3n) is 7.68. The fourth-order valence-electron chi connectivity index (χ4n) is 6.37. The molecule has 0 saturated heterocycles. The number of carbonyl (C=O) groups is 1. The van der Waals surface area contributed by atoms with Crippen LogP contribution in [-0.4, -0.2) is 17.7 Å². The van der Waals surface area contributed by atoms with E-state index in [1.165, 1.54) is 12.8 Å².